The molecule has 88 valence electrons. The SMILES string of the molecule is O=CNC(CCSCc1ncno1)C(=O)O. The van der Waals surface area contributed by atoms with Crippen molar-refractivity contribution in [2.45, 2.75) is 18.2 Å². The maximum atomic E-state index is 10.6. The third-order valence-corrected chi connectivity index (χ3v) is 2.73. The first-order chi connectivity index (χ1) is 7.74. The minimum Gasteiger partial charge on any atom is -0.480 e. The molecule has 8 heteroatoms. The quantitative estimate of drug-likeness (QED) is 0.486. The van der Waals surface area contributed by atoms with E-state index in [0.29, 0.717) is 30.2 Å². The van der Waals surface area contributed by atoms with Crippen LogP contribution in [-0.4, -0.2) is 39.4 Å². The van der Waals surface area contributed by atoms with E-state index in [1.165, 1.54) is 18.1 Å². The van der Waals surface area contributed by atoms with Gasteiger partial charge in [0.15, 0.2) is 6.33 Å². The van der Waals surface area contributed by atoms with Crippen molar-refractivity contribution in [3.8, 4) is 0 Å². The average Bonchev–Trinajstić information content (AvgIpc) is 2.75. The summed E-state index contributed by atoms with van der Waals surface area (Å²) in [5, 5.41) is 14.4. The lowest BCUT2D eigenvalue weighted by Gasteiger charge is -2.09. The number of nitrogens with one attached hydrogen (secondary N) is 1. The van der Waals surface area contributed by atoms with Crippen LogP contribution in [0, 0.1) is 0 Å². The molecule has 0 aliphatic heterocycles. The van der Waals surface area contributed by atoms with Crippen LogP contribution in [0.3, 0.4) is 0 Å². The highest BCUT2D eigenvalue weighted by atomic mass is 32.2. The highest BCUT2D eigenvalue weighted by Crippen LogP contribution is 2.11. The second-order valence-corrected chi connectivity index (χ2v) is 3.96. The zero-order chi connectivity index (χ0) is 11.8. The first-order valence-electron chi connectivity index (χ1n) is 4.50. The Balaban J connectivity index is 2.18. The fourth-order valence-electron chi connectivity index (χ4n) is 0.980. The zero-order valence-corrected chi connectivity index (χ0v) is 9.14. The second kappa shape index (κ2) is 6.83. The molecule has 0 bridgehead atoms. The van der Waals surface area contributed by atoms with Crippen molar-refractivity contribution in [2.75, 3.05) is 5.75 Å². The molecule has 0 aliphatic rings. The molecule has 0 aliphatic carbocycles. The first kappa shape index (κ1) is 12.5. The molecule has 0 spiro atoms. The van der Waals surface area contributed by atoms with Crippen molar-refractivity contribution >= 4 is 24.1 Å². The van der Waals surface area contributed by atoms with Gasteiger partial charge in [0.05, 0.1) is 5.75 Å². The van der Waals surface area contributed by atoms with Gasteiger partial charge in [-0.2, -0.15) is 16.7 Å². The maximum absolute atomic E-state index is 10.6. The van der Waals surface area contributed by atoms with Crippen molar-refractivity contribution < 1.29 is 19.2 Å². The predicted molar refractivity (Wildman–Crippen MR) is 55.7 cm³/mol. The Bertz CT molecular complexity index is 330. The summed E-state index contributed by atoms with van der Waals surface area (Å²) in [5.41, 5.74) is 0. The van der Waals surface area contributed by atoms with Gasteiger partial charge in [0.2, 0.25) is 12.3 Å². The summed E-state index contributed by atoms with van der Waals surface area (Å²) < 4.78 is 4.77. The van der Waals surface area contributed by atoms with Gasteiger partial charge in [-0.1, -0.05) is 5.16 Å². The Morgan fingerprint density at radius 2 is 2.56 bits per heavy atom. The summed E-state index contributed by atoms with van der Waals surface area (Å²) in [5.74, 6) is 0.582. The van der Waals surface area contributed by atoms with Crippen molar-refractivity contribution in [3.05, 3.63) is 12.2 Å². The van der Waals surface area contributed by atoms with E-state index in [0.717, 1.165) is 0 Å². The monoisotopic (exact) mass is 245 g/mol. The van der Waals surface area contributed by atoms with E-state index in [9.17, 15) is 9.59 Å². The van der Waals surface area contributed by atoms with Gasteiger partial charge in [0.1, 0.15) is 6.04 Å². The number of carbonyl (C=O) groups excluding carboxylic acids is 1. The van der Waals surface area contributed by atoms with Crippen molar-refractivity contribution in [1.29, 1.82) is 0 Å². The van der Waals surface area contributed by atoms with Crippen LogP contribution in [0.15, 0.2) is 10.9 Å². The summed E-state index contributed by atoms with van der Waals surface area (Å²) in [7, 11) is 0. The molecule has 1 aromatic rings. The van der Waals surface area contributed by atoms with Gasteiger partial charge in [-0.05, 0) is 12.2 Å². The van der Waals surface area contributed by atoms with Gasteiger partial charge in [-0.15, -0.1) is 0 Å². The van der Waals surface area contributed by atoms with Crippen molar-refractivity contribution in [3.63, 3.8) is 0 Å². The minimum atomic E-state index is -1.04. The molecule has 7 nitrogen and oxygen atoms in total. The molecule has 0 saturated carbocycles. The van der Waals surface area contributed by atoms with Crippen LogP contribution in [0.4, 0.5) is 0 Å². The Labute approximate surface area is 95.6 Å². The van der Waals surface area contributed by atoms with Gasteiger partial charge in [0, 0.05) is 0 Å². The summed E-state index contributed by atoms with van der Waals surface area (Å²) >= 11 is 1.47. The number of hydrogen-bond acceptors (Lipinski definition) is 6. The minimum absolute atomic E-state index is 0.354. The molecule has 0 fully saturated rings. The van der Waals surface area contributed by atoms with Gasteiger partial charge in [0.25, 0.3) is 0 Å². The molecule has 0 radical (unpaired) electrons. The fourth-order valence-corrected chi connectivity index (χ4v) is 1.83. The number of hydrogen-bond donors (Lipinski definition) is 2. The lowest BCUT2D eigenvalue weighted by Crippen LogP contribution is -2.36. The fraction of sp³-hybridized carbons (Fsp3) is 0.500. The molecule has 16 heavy (non-hydrogen) atoms. The number of carboxylic acids is 1. The van der Waals surface area contributed by atoms with E-state index in [2.05, 4.69) is 15.5 Å². The van der Waals surface area contributed by atoms with Crippen LogP contribution >= 0.6 is 11.8 Å². The van der Waals surface area contributed by atoms with Crippen LogP contribution in [0.2, 0.25) is 0 Å². The number of aromatic nitrogens is 2. The zero-order valence-electron chi connectivity index (χ0n) is 8.33. The Morgan fingerprint density at radius 3 is 3.12 bits per heavy atom. The van der Waals surface area contributed by atoms with Crippen LogP contribution < -0.4 is 5.32 Å². The molecular formula is C8H11N3O4S. The van der Waals surface area contributed by atoms with E-state index in [1.54, 1.807) is 0 Å². The number of rotatable bonds is 8. The van der Waals surface area contributed by atoms with Crippen LogP contribution in [-0.2, 0) is 15.3 Å². The maximum Gasteiger partial charge on any atom is 0.326 e. The van der Waals surface area contributed by atoms with Gasteiger partial charge in [-0.3, -0.25) is 4.79 Å². The van der Waals surface area contributed by atoms with Crippen LogP contribution in [0.1, 0.15) is 12.3 Å². The summed E-state index contributed by atoms with van der Waals surface area (Å²) in [4.78, 5) is 24.6. The summed E-state index contributed by atoms with van der Waals surface area (Å²) in [6.07, 6.45) is 2.05. The van der Waals surface area contributed by atoms with Gasteiger partial charge in [-0.25, -0.2) is 4.79 Å². The molecule has 1 amide bonds. The Hall–Kier alpha value is -1.57. The van der Waals surface area contributed by atoms with Crippen LogP contribution in [0.5, 0.6) is 0 Å². The molecule has 1 rings (SSSR count). The number of carboxylic acid groups (broad SMARTS) is 1. The first-order valence-corrected chi connectivity index (χ1v) is 5.65. The second-order valence-electron chi connectivity index (χ2n) is 2.85. The third kappa shape index (κ3) is 4.30. The lowest BCUT2D eigenvalue weighted by molar-refractivity contribution is -0.140. The molecule has 1 unspecified atom stereocenters. The molecule has 0 saturated heterocycles. The Morgan fingerprint density at radius 1 is 1.75 bits per heavy atom. The molecule has 1 atom stereocenters. The molecular weight excluding hydrogens is 234 g/mol. The normalized spacial score (nSPS) is 12.0. The van der Waals surface area contributed by atoms with E-state index in [1.807, 2.05) is 0 Å². The average molecular weight is 245 g/mol. The third-order valence-electron chi connectivity index (χ3n) is 1.75. The topological polar surface area (TPSA) is 105 Å². The molecule has 0 aromatic carbocycles. The van der Waals surface area contributed by atoms with E-state index in [-0.39, 0.29) is 0 Å². The lowest BCUT2D eigenvalue weighted by atomic mass is 10.2. The largest absolute Gasteiger partial charge is 0.480 e. The number of aliphatic carboxylic acids is 1. The van der Waals surface area contributed by atoms with Crippen molar-refractivity contribution in [2.24, 2.45) is 0 Å². The van der Waals surface area contributed by atoms with Crippen LogP contribution in [0.25, 0.3) is 0 Å². The number of nitrogens with zero attached hydrogens (tertiary/aromatic N) is 2. The van der Waals surface area contributed by atoms with E-state index in [4.69, 9.17) is 9.63 Å². The van der Waals surface area contributed by atoms with Crippen molar-refractivity contribution in [1.82, 2.24) is 15.5 Å². The molecule has 2 N–H and O–H groups in total. The van der Waals surface area contributed by atoms with Gasteiger partial charge < -0.3 is 14.9 Å². The molecule has 1 heterocycles. The summed E-state index contributed by atoms with van der Waals surface area (Å²) in [6, 6.07) is -0.840. The number of amides is 1. The van der Waals surface area contributed by atoms with E-state index >= 15 is 0 Å². The van der Waals surface area contributed by atoms with E-state index < -0.39 is 12.0 Å². The number of thioether (sulfide) groups is 1. The predicted octanol–water partition coefficient (Wildman–Crippen LogP) is -0.108. The highest BCUT2D eigenvalue weighted by Gasteiger charge is 2.15. The highest BCUT2D eigenvalue weighted by molar-refractivity contribution is 7.98. The summed E-state index contributed by atoms with van der Waals surface area (Å²) in [6.45, 7) is 0. The van der Waals surface area contributed by atoms with Gasteiger partial charge >= 0.3 is 5.97 Å². The smallest absolute Gasteiger partial charge is 0.326 e. The Kier molecular flexibility index (Phi) is 5.34. The molecule has 1 aromatic heterocycles. The standard InChI is InChI=1S/C8H11N3O4S/c12-5-10-6(8(13)14)1-2-16-3-7-9-4-11-15-7/h4-6H,1-3H2,(H,10,12)(H,13,14). The number of carbonyl (C=O) groups is 2.